The molecule has 2 aromatic rings. The van der Waals surface area contributed by atoms with Crippen LogP contribution < -0.4 is 4.90 Å². The molecule has 24 heavy (non-hydrogen) atoms. The van der Waals surface area contributed by atoms with Gasteiger partial charge in [-0.2, -0.15) is 0 Å². The number of aliphatic hydroxyl groups is 1. The molecule has 1 amide bonds. The summed E-state index contributed by atoms with van der Waals surface area (Å²) in [7, 11) is 0. The summed E-state index contributed by atoms with van der Waals surface area (Å²) in [6.07, 6.45) is 3.24. The van der Waals surface area contributed by atoms with E-state index in [0.29, 0.717) is 11.3 Å². The average molecular weight is 322 g/mol. The zero-order valence-electron chi connectivity index (χ0n) is 13.5. The van der Waals surface area contributed by atoms with Gasteiger partial charge in [0.25, 0.3) is 5.91 Å². The summed E-state index contributed by atoms with van der Waals surface area (Å²) in [6.45, 7) is 3.50. The molecule has 0 saturated heterocycles. The third kappa shape index (κ3) is 2.58. The van der Waals surface area contributed by atoms with Gasteiger partial charge in [0.15, 0.2) is 11.5 Å². The molecule has 0 aliphatic carbocycles. The van der Waals surface area contributed by atoms with Gasteiger partial charge >= 0.3 is 0 Å². The Labute approximate surface area is 140 Å². The standard InChI is InChI=1S/C19H18N2O3/c1-12(2)17(22)15-16(13-7-6-10-20-11-13)21(19(24)18(15)23)14-8-4-3-5-9-14/h3-12,16,23H,1-2H3. The van der Waals surface area contributed by atoms with Gasteiger partial charge in [-0.25, -0.2) is 0 Å². The number of pyridine rings is 1. The Morgan fingerprint density at radius 3 is 2.46 bits per heavy atom. The molecule has 2 heterocycles. The molecular weight excluding hydrogens is 304 g/mol. The van der Waals surface area contributed by atoms with Crippen LogP contribution in [0.25, 0.3) is 0 Å². The van der Waals surface area contributed by atoms with Gasteiger partial charge in [0.2, 0.25) is 0 Å². The Morgan fingerprint density at radius 2 is 1.88 bits per heavy atom. The number of Topliss-reactive ketones (excluding diaryl/α,β-unsaturated/α-hetero) is 1. The fourth-order valence-electron chi connectivity index (χ4n) is 2.88. The molecule has 0 fully saturated rings. The first-order valence-electron chi connectivity index (χ1n) is 7.78. The fourth-order valence-corrected chi connectivity index (χ4v) is 2.88. The van der Waals surface area contributed by atoms with Crippen LogP contribution in [0.4, 0.5) is 5.69 Å². The number of benzene rings is 1. The summed E-state index contributed by atoms with van der Waals surface area (Å²) < 4.78 is 0. The molecule has 0 radical (unpaired) electrons. The van der Waals surface area contributed by atoms with Crippen molar-refractivity contribution >= 4 is 17.4 Å². The number of carbonyl (C=O) groups excluding carboxylic acids is 2. The van der Waals surface area contributed by atoms with Gasteiger partial charge in [0.05, 0.1) is 11.6 Å². The SMILES string of the molecule is CC(C)C(=O)C1=C(O)C(=O)N(c2ccccc2)C1c1cccnc1. The minimum absolute atomic E-state index is 0.131. The topological polar surface area (TPSA) is 70.5 Å². The first kappa shape index (κ1) is 15.9. The van der Waals surface area contributed by atoms with Gasteiger partial charge in [-0.1, -0.05) is 38.1 Å². The lowest BCUT2D eigenvalue weighted by Gasteiger charge is -2.27. The largest absolute Gasteiger partial charge is 0.503 e. The highest BCUT2D eigenvalue weighted by Crippen LogP contribution is 2.41. The van der Waals surface area contributed by atoms with Gasteiger partial charge in [0.1, 0.15) is 0 Å². The molecule has 1 N–H and O–H groups in total. The molecule has 1 aliphatic rings. The Morgan fingerprint density at radius 1 is 1.17 bits per heavy atom. The molecule has 3 rings (SSSR count). The minimum atomic E-state index is -0.677. The molecule has 5 nitrogen and oxygen atoms in total. The van der Waals surface area contributed by atoms with Gasteiger partial charge in [-0.05, 0) is 23.8 Å². The summed E-state index contributed by atoms with van der Waals surface area (Å²) in [5.41, 5.74) is 1.43. The van der Waals surface area contributed by atoms with Crippen LogP contribution in [0.2, 0.25) is 0 Å². The number of para-hydroxylation sites is 1. The van der Waals surface area contributed by atoms with E-state index in [2.05, 4.69) is 4.98 Å². The summed E-state index contributed by atoms with van der Waals surface area (Å²) >= 11 is 0. The predicted octanol–water partition coefficient (Wildman–Crippen LogP) is 3.21. The van der Waals surface area contributed by atoms with Gasteiger partial charge < -0.3 is 5.11 Å². The monoisotopic (exact) mass is 322 g/mol. The molecule has 0 bridgehead atoms. The maximum absolute atomic E-state index is 12.7. The maximum atomic E-state index is 12.7. The van der Waals surface area contributed by atoms with E-state index in [4.69, 9.17) is 0 Å². The van der Waals surface area contributed by atoms with Crippen LogP contribution in [-0.2, 0) is 9.59 Å². The van der Waals surface area contributed by atoms with Crippen LogP contribution >= 0.6 is 0 Å². The number of rotatable bonds is 4. The number of carbonyl (C=O) groups is 2. The maximum Gasteiger partial charge on any atom is 0.294 e. The molecule has 0 saturated carbocycles. The van der Waals surface area contributed by atoms with E-state index in [0.717, 1.165) is 0 Å². The zero-order chi connectivity index (χ0) is 17.3. The minimum Gasteiger partial charge on any atom is -0.503 e. The van der Waals surface area contributed by atoms with Gasteiger partial charge in [-0.15, -0.1) is 0 Å². The van der Waals surface area contributed by atoms with E-state index in [9.17, 15) is 14.7 Å². The molecule has 0 spiro atoms. The predicted molar refractivity (Wildman–Crippen MR) is 90.4 cm³/mol. The van der Waals surface area contributed by atoms with E-state index in [1.54, 1.807) is 50.5 Å². The molecule has 122 valence electrons. The Hall–Kier alpha value is -2.95. The lowest BCUT2D eigenvalue weighted by Crippen LogP contribution is -2.31. The van der Waals surface area contributed by atoms with Gasteiger partial charge in [0, 0.05) is 24.0 Å². The van der Waals surface area contributed by atoms with E-state index >= 15 is 0 Å². The fraction of sp³-hybridized carbons (Fsp3) is 0.211. The Balaban J connectivity index is 2.18. The van der Waals surface area contributed by atoms with E-state index in [-0.39, 0.29) is 17.3 Å². The quantitative estimate of drug-likeness (QED) is 0.938. The second-order valence-corrected chi connectivity index (χ2v) is 5.98. The molecule has 1 aromatic carbocycles. The van der Waals surface area contributed by atoms with Crippen molar-refractivity contribution in [2.75, 3.05) is 4.90 Å². The summed E-state index contributed by atoms with van der Waals surface area (Å²) in [6, 6.07) is 11.9. The van der Waals surface area contributed by atoms with E-state index in [1.807, 2.05) is 18.2 Å². The molecular formula is C19H18N2O3. The average Bonchev–Trinajstić information content (AvgIpc) is 2.87. The number of ketones is 1. The molecule has 5 heteroatoms. The highest BCUT2D eigenvalue weighted by molar-refractivity contribution is 6.16. The molecule has 1 aliphatic heterocycles. The first-order chi connectivity index (χ1) is 11.5. The lowest BCUT2D eigenvalue weighted by atomic mass is 9.92. The smallest absolute Gasteiger partial charge is 0.294 e. The van der Waals surface area contributed by atoms with Crippen LogP contribution in [0.3, 0.4) is 0 Å². The zero-order valence-corrected chi connectivity index (χ0v) is 13.5. The molecule has 1 aromatic heterocycles. The number of anilines is 1. The summed E-state index contributed by atoms with van der Waals surface area (Å²) in [5, 5.41) is 10.4. The number of hydrogen-bond acceptors (Lipinski definition) is 4. The second-order valence-electron chi connectivity index (χ2n) is 5.98. The lowest BCUT2D eigenvalue weighted by molar-refractivity contribution is -0.119. The number of hydrogen-bond donors (Lipinski definition) is 1. The van der Waals surface area contributed by atoms with Crippen LogP contribution in [0.1, 0.15) is 25.5 Å². The molecule has 1 unspecified atom stereocenters. The number of amides is 1. The van der Waals surface area contributed by atoms with Crippen molar-refractivity contribution in [2.24, 2.45) is 5.92 Å². The number of aliphatic hydroxyl groups excluding tert-OH is 1. The van der Waals surface area contributed by atoms with Crippen molar-refractivity contribution in [3.63, 3.8) is 0 Å². The third-order valence-corrected chi connectivity index (χ3v) is 4.03. The Kier molecular flexibility index (Phi) is 4.16. The van der Waals surface area contributed by atoms with Crippen molar-refractivity contribution in [1.29, 1.82) is 0 Å². The van der Waals surface area contributed by atoms with Crippen LogP contribution in [-0.4, -0.2) is 21.8 Å². The number of nitrogens with zero attached hydrogens (tertiary/aromatic N) is 2. The highest BCUT2D eigenvalue weighted by atomic mass is 16.3. The van der Waals surface area contributed by atoms with Gasteiger partial charge in [-0.3, -0.25) is 19.5 Å². The van der Waals surface area contributed by atoms with Crippen molar-refractivity contribution in [1.82, 2.24) is 4.98 Å². The first-order valence-corrected chi connectivity index (χ1v) is 7.78. The summed E-state index contributed by atoms with van der Waals surface area (Å²) in [4.78, 5) is 30.9. The molecule has 1 atom stereocenters. The van der Waals surface area contributed by atoms with Crippen molar-refractivity contribution < 1.29 is 14.7 Å². The summed E-state index contributed by atoms with van der Waals surface area (Å²) in [5.74, 6) is -1.62. The van der Waals surface area contributed by atoms with Crippen LogP contribution in [0, 0.1) is 5.92 Å². The highest BCUT2D eigenvalue weighted by Gasteiger charge is 2.44. The van der Waals surface area contributed by atoms with Crippen molar-refractivity contribution in [2.45, 2.75) is 19.9 Å². The second kappa shape index (κ2) is 6.28. The van der Waals surface area contributed by atoms with Crippen molar-refractivity contribution in [3.05, 3.63) is 71.8 Å². The third-order valence-electron chi connectivity index (χ3n) is 4.03. The Bertz CT molecular complexity index is 798. The van der Waals surface area contributed by atoms with Crippen LogP contribution in [0.5, 0.6) is 0 Å². The van der Waals surface area contributed by atoms with Crippen molar-refractivity contribution in [3.8, 4) is 0 Å². The van der Waals surface area contributed by atoms with E-state index < -0.39 is 17.7 Å². The van der Waals surface area contributed by atoms with Crippen LogP contribution in [0.15, 0.2) is 66.2 Å². The normalized spacial score (nSPS) is 17.7. The van der Waals surface area contributed by atoms with E-state index in [1.165, 1.54) is 4.90 Å². The number of aromatic nitrogens is 1.